The van der Waals surface area contributed by atoms with Gasteiger partial charge in [-0.05, 0) is 0 Å². The molecule has 4 N–H and O–H groups in total. The van der Waals surface area contributed by atoms with E-state index in [1.54, 1.807) is 0 Å². The average molecular weight is 282 g/mol. The highest BCUT2D eigenvalue weighted by Crippen LogP contribution is 2.29. The lowest BCUT2D eigenvalue weighted by Crippen LogP contribution is -2.46. The van der Waals surface area contributed by atoms with Crippen LogP contribution in [-0.4, -0.2) is 59.8 Å². The van der Waals surface area contributed by atoms with Gasteiger partial charge in [0.05, 0.1) is 25.4 Å². The van der Waals surface area contributed by atoms with Gasteiger partial charge in [0.25, 0.3) is 5.56 Å². The van der Waals surface area contributed by atoms with Crippen molar-refractivity contribution in [2.45, 2.75) is 31.0 Å². The maximum absolute atomic E-state index is 11.6. The third-order valence-electron chi connectivity index (χ3n) is 3.37. The van der Waals surface area contributed by atoms with E-state index in [0.717, 1.165) is 0 Å². The Morgan fingerprint density at radius 1 is 1.40 bits per heavy atom. The molecule has 1 aliphatic rings. The van der Waals surface area contributed by atoms with Crippen LogP contribution in [0.15, 0.2) is 17.4 Å². The lowest BCUT2D eigenvalue weighted by molar-refractivity contribution is -0.205. The Bertz CT molecular complexity index is 668. The van der Waals surface area contributed by atoms with E-state index in [2.05, 4.69) is 15.0 Å². The van der Waals surface area contributed by atoms with Crippen LogP contribution in [0, 0.1) is 0 Å². The number of ether oxygens (including phenoxy) is 1. The van der Waals surface area contributed by atoms with E-state index in [0.29, 0.717) is 0 Å². The molecule has 9 heteroatoms. The van der Waals surface area contributed by atoms with Crippen LogP contribution in [0.1, 0.15) is 12.6 Å². The fourth-order valence-electron chi connectivity index (χ4n) is 2.34. The molecule has 3 rings (SSSR count). The molecule has 20 heavy (non-hydrogen) atoms. The molecule has 0 radical (unpaired) electrons. The molecule has 0 bridgehead atoms. The van der Waals surface area contributed by atoms with Gasteiger partial charge in [0, 0.05) is 6.42 Å². The number of fused-ring (bicyclic) bond motifs is 1. The summed E-state index contributed by atoms with van der Waals surface area (Å²) in [4.78, 5) is 21.9. The lowest BCUT2D eigenvalue weighted by Gasteiger charge is -2.36. The number of aliphatic hydroxyl groups excluding tert-OH is 3. The molecular formula is C11H14N4O5. The Balaban J connectivity index is 2.02. The molecule has 0 aromatic carbocycles. The first-order chi connectivity index (χ1) is 9.61. The van der Waals surface area contributed by atoms with E-state index in [-0.39, 0.29) is 24.2 Å². The van der Waals surface area contributed by atoms with Crippen molar-refractivity contribution in [3.8, 4) is 0 Å². The minimum Gasteiger partial charge on any atom is -0.394 e. The van der Waals surface area contributed by atoms with Gasteiger partial charge in [-0.1, -0.05) is 0 Å². The Morgan fingerprint density at radius 2 is 2.20 bits per heavy atom. The van der Waals surface area contributed by atoms with Crippen LogP contribution >= 0.6 is 0 Å². The smallest absolute Gasteiger partial charge is 0.278 e. The van der Waals surface area contributed by atoms with Crippen molar-refractivity contribution in [3.05, 3.63) is 23.0 Å². The van der Waals surface area contributed by atoms with E-state index in [1.807, 2.05) is 0 Å². The molecule has 9 nitrogen and oxygen atoms in total. The predicted octanol–water partition coefficient (Wildman–Crippen LogP) is -1.88. The molecule has 108 valence electrons. The van der Waals surface area contributed by atoms with Gasteiger partial charge < -0.3 is 25.0 Å². The van der Waals surface area contributed by atoms with Crippen molar-refractivity contribution in [2.24, 2.45) is 0 Å². The second-order valence-electron chi connectivity index (χ2n) is 4.67. The zero-order valence-corrected chi connectivity index (χ0v) is 10.4. The van der Waals surface area contributed by atoms with Crippen molar-refractivity contribution in [1.82, 2.24) is 19.5 Å². The summed E-state index contributed by atoms with van der Waals surface area (Å²) in [5.74, 6) is 0. The molecular weight excluding hydrogens is 268 g/mol. The summed E-state index contributed by atoms with van der Waals surface area (Å²) >= 11 is 0. The van der Waals surface area contributed by atoms with Gasteiger partial charge in [0.2, 0.25) is 0 Å². The molecule has 1 unspecified atom stereocenters. The van der Waals surface area contributed by atoms with E-state index in [1.165, 1.54) is 17.2 Å². The van der Waals surface area contributed by atoms with Crippen LogP contribution in [0.4, 0.5) is 0 Å². The number of rotatable bonds is 2. The number of aromatic amines is 1. The molecule has 1 fully saturated rings. The van der Waals surface area contributed by atoms with Crippen LogP contribution in [0.5, 0.6) is 0 Å². The standard InChI is InChI=1S/C11H14N4O5/c16-2-7-5(17)1-6(18)11(20-7)15-4-14-8-9(15)12-3-13-10(8)19/h3-7,11,16-18H,1-2H2,(H,12,13,19)/t5-,6?,7-,11-/m1/s1. The van der Waals surface area contributed by atoms with Gasteiger partial charge in [0.1, 0.15) is 12.2 Å². The third-order valence-corrected chi connectivity index (χ3v) is 3.37. The average Bonchev–Trinajstić information content (AvgIpc) is 2.84. The van der Waals surface area contributed by atoms with E-state index < -0.39 is 30.1 Å². The maximum atomic E-state index is 11.6. The van der Waals surface area contributed by atoms with Crippen LogP contribution in [0.2, 0.25) is 0 Å². The number of aliphatic hydroxyl groups is 3. The second-order valence-corrected chi connectivity index (χ2v) is 4.67. The zero-order chi connectivity index (χ0) is 14.3. The van der Waals surface area contributed by atoms with Crippen molar-refractivity contribution >= 4 is 11.2 Å². The quantitative estimate of drug-likeness (QED) is 0.506. The largest absolute Gasteiger partial charge is 0.394 e. The number of nitrogens with zero attached hydrogens (tertiary/aromatic N) is 3. The third kappa shape index (κ3) is 2.00. The molecule has 2 aromatic rings. The van der Waals surface area contributed by atoms with E-state index >= 15 is 0 Å². The van der Waals surface area contributed by atoms with Crippen LogP contribution in [-0.2, 0) is 4.74 Å². The Morgan fingerprint density at radius 3 is 2.95 bits per heavy atom. The molecule has 0 saturated carbocycles. The SMILES string of the molecule is O=c1[nH]cnc2c1ncn2[C@@H]1O[C@H](CO)[C@H](O)CC1O. The van der Waals surface area contributed by atoms with Crippen molar-refractivity contribution in [3.63, 3.8) is 0 Å². The first-order valence-electron chi connectivity index (χ1n) is 6.14. The minimum atomic E-state index is -0.994. The first kappa shape index (κ1) is 13.2. The monoisotopic (exact) mass is 282 g/mol. The topological polar surface area (TPSA) is 133 Å². The number of imidazole rings is 1. The van der Waals surface area contributed by atoms with Crippen molar-refractivity contribution in [2.75, 3.05) is 6.61 Å². The minimum absolute atomic E-state index is 0.0543. The van der Waals surface area contributed by atoms with Gasteiger partial charge in [-0.2, -0.15) is 0 Å². The summed E-state index contributed by atoms with van der Waals surface area (Å²) in [5, 5.41) is 28.9. The summed E-state index contributed by atoms with van der Waals surface area (Å²) in [6, 6.07) is 0. The molecule has 2 aromatic heterocycles. The van der Waals surface area contributed by atoms with Crippen LogP contribution in [0.25, 0.3) is 11.2 Å². The van der Waals surface area contributed by atoms with Gasteiger partial charge in [-0.15, -0.1) is 0 Å². The Labute approximate surface area is 112 Å². The predicted molar refractivity (Wildman–Crippen MR) is 65.8 cm³/mol. The highest BCUT2D eigenvalue weighted by atomic mass is 16.5. The van der Waals surface area contributed by atoms with Gasteiger partial charge in [-0.25, -0.2) is 9.97 Å². The maximum Gasteiger partial charge on any atom is 0.278 e. The van der Waals surface area contributed by atoms with E-state index in [9.17, 15) is 15.0 Å². The molecule has 3 heterocycles. The molecule has 0 aliphatic carbocycles. The Kier molecular flexibility index (Phi) is 3.26. The molecule has 1 aliphatic heterocycles. The van der Waals surface area contributed by atoms with E-state index in [4.69, 9.17) is 9.84 Å². The highest BCUT2D eigenvalue weighted by Gasteiger charge is 2.37. The summed E-state index contributed by atoms with van der Waals surface area (Å²) in [7, 11) is 0. The fraction of sp³-hybridized carbons (Fsp3) is 0.545. The van der Waals surface area contributed by atoms with Crippen molar-refractivity contribution < 1.29 is 20.1 Å². The molecule has 0 spiro atoms. The lowest BCUT2D eigenvalue weighted by atomic mass is 10.0. The Hall–Kier alpha value is -1.81. The highest BCUT2D eigenvalue weighted by molar-refractivity contribution is 5.68. The van der Waals surface area contributed by atoms with Gasteiger partial charge >= 0.3 is 0 Å². The number of H-pyrrole nitrogens is 1. The first-order valence-corrected chi connectivity index (χ1v) is 6.14. The molecule has 4 atom stereocenters. The molecule has 1 saturated heterocycles. The summed E-state index contributed by atoms with van der Waals surface area (Å²) < 4.78 is 6.89. The van der Waals surface area contributed by atoms with Gasteiger partial charge in [0.15, 0.2) is 17.4 Å². The van der Waals surface area contributed by atoms with Gasteiger partial charge in [-0.3, -0.25) is 9.36 Å². The summed E-state index contributed by atoms with van der Waals surface area (Å²) in [6.07, 6.45) is -0.983. The van der Waals surface area contributed by atoms with Crippen molar-refractivity contribution in [1.29, 1.82) is 0 Å². The van der Waals surface area contributed by atoms with Crippen LogP contribution < -0.4 is 5.56 Å². The number of hydrogen-bond acceptors (Lipinski definition) is 7. The second kappa shape index (κ2) is 4.94. The summed E-state index contributed by atoms with van der Waals surface area (Å²) in [6.45, 7) is -0.370. The fourth-order valence-corrected chi connectivity index (χ4v) is 2.34. The number of hydrogen-bond donors (Lipinski definition) is 4. The molecule has 0 amide bonds. The zero-order valence-electron chi connectivity index (χ0n) is 10.4. The number of aromatic nitrogens is 4. The number of nitrogens with one attached hydrogen (secondary N) is 1. The van der Waals surface area contributed by atoms with Crippen LogP contribution in [0.3, 0.4) is 0 Å². The normalized spacial score (nSPS) is 30.8. The summed E-state index contributed by atoms with van der Waals surface area (Å²) in [5.41, 5.74) is 0.0126.